The lowest BCUT2D eigenvalue weighted by Crippen LogP contribution is -2.40. The van der Waals surface area contributed by atoms with Crippen molar-refractivity contribution in [2.45, 2.75) is 31.9 Å². The zero-order valence-electron chi connectivity index (χ0n) is 13.6. The number of methoxy groups -OCH3 is 1. The minimum atomic E-state index is 0.278. The predicted octanol–water partition coefficient (Wildman–Crippen LogP) is 3.45. The highest BCUT2D eigenvalue weighted by atomic mass is 16.5. The van der Waals surface area contributed by atoms with Gasteiger partial charge in [-0.1, -0.05) is 30.3 Å². The van der Waals surface area contributed by atoms with E-state index in [4.69, 9.17) is 9.47 Å². The molecule has 0 saturated carbocycles. The second kappa shape index (κ2) is 6.25. The number of hydrogen-bond donors (Lipinski definition) is 0. The molecule has 0 fully saturated rings. The van der Waals surface area contributed by atoms with Gasteiger partial charge in [0.2, 0.25) is 0 Å². The first kappa shape index (κ1) is 14.6. The fraction of sp³-hybridized carbons (Fsp3) is 0.400. The average molecular weight is 309 g/mol. The van der Waals surface area contributed by atoms with Gasteiger partial charge in [-0.15, -0.1) is 0 Å². The Bertz CT molecular complexity index is 698. The number of nitrogens with zero attached hydrogens (tertiary/aromatic N) is 1. The molecule has 3 heteroatoms. The molecule has 0 N–H and O–H groups in total. The Morgan fingerprint density at radius 2 is 1.96 bits per heavy atom. The van der Waals surface area contributed by atoms with Gasteiger partial charge in [-0.3, -0.25) is 4.90 Å². The molecule has 2 aliphatic rings. The van der Waals surface area contributed by atoms with Crippen molar-refractivity contribution >= 4 is 0 Å². The van der Waals surface area contributed by atoms with Gasteiger partial charge in [0.1, 0.15) is 17.6 Å². The molecule has 4 rings (SSSR count). The van der Waals surface area contributed by atoms with Crippen molar-refractivity contribution < 1.29 is 9.47 Å². The van der Waals surface area contributed by atoms with Crippen LogP contribution < -0.4 is 9.47 Å². The smallest absolute Gasteiger partial charge is 0.126 e. The summed E-state index contributed by atoms with van der Waals surface area (Å²) in [6, 6.07) is 15.0. The van der Waals surface area contributed by atoms with Gasteiger partial charge < -0.3 is 9.47 Å². The number of hydrogen-bond acceptors (Lipinski definition) is 3. The third kappa shape index (κ3) is 3.06. The summed E-state index contributed by atoms with van der Waals surface area (Å²) in [7, 11) is 1.70. The number of benzene rings is 2. The first-order valence-corrected chi connectivity index (χ1v) is 8.44. The van der Waals surface area contributed by atoms with Crippen LogP contribution in [0.5, 0.6) is 11.5 Å². The van der Waals surface area contributed by atoms with E-state index < -0.39 is 0 Å². The second-order valence-corrected chi connectivity index (χ2v) is 6.51. The fourth-order valence-electron chi connectivity index (χ4n) is 3.66. The topological polar surface area (TPSA) is 21.7 Å². The number of rotatable bonds is 3. The molecule has 120 valence electrons. The predicted molar refractivity (Wildman–Crippen MR) is 91.2 cm³/mol. The van der Waals surface area contributed by atoms with E-state index in [0.29, 0.717) is 0 Å². The summed E-state index contributed by atoms with van der Waals surface area (Å²) in [6.45, 7) is 3.17. The van der Waals surface area contributed by atoms with E-state index in [1.807, 2.05) is 12.1 Å². The van der Waals surface area contributed by atoms with Crippen LogP contribution in [0.15, 0.2) is 42.5 Å². The highest BCUT2D eigenvalue weighted by Crippen LogP contribution is 2.32. The van der Waals surface area contributed by atoms with Gasteiger partial charge in [0, 0.05) is 25.7 Å². The van der Waals surface area contributed by atoms with Gasteiger partial charge in [0.05, 0.1) is 7.11 Å². The molecule has 0 spiro atoms. The minimum Gasteiger partial charge on any atom is -0.497 e. The van der Waals surface area contributed by atoms with E-state index in [-0.39, 0.29) is 6.10 Å². The van der Waals surface area contributed by atoms with E-state index in [2.05, 4.69) is 35.2 Å². The summed E-state index contributed by atoms with van der Waals surface area (Å²) in [6.07, 6.45) is 3.61. The molecule has 1 unspecified atom stereocenters. The van der Waals surface area contributed by atoms with Gasteiger partial charge in [-0.05, 0) is 42.0 Å². The minimum absolute atomic E-state index is 0.278. The SMILES string of the molecule is COc1ccc2c(c1)OC(CN1CCc3ccccc3C1)CC2. The van der Waals surface area contributed by atoms with E-state index in [1.165, 1.54) is 16.7 Å². The van der Waals surface area contributed by atoms with Crippen LogP contribution in [0, 0.1) is 0 Å². The van der Waals surface area contributed by atoms with Crippen molar-refractivity contribution in [1.82, 2.24) is 4.90 Å². The average Bonchev–Trinajstić information content (AvgIpc) is 2.61. The third-order valence-corrected chi connectivity index (χ3v) is 4.98. The molecule has 0 aromatic heterocycles. The van der Waals surface area contributed by atoms with Crippen LogP contribution >= 0.6 is 0 Å². The quantitative estimate of drug-likeness (QED) is 0.867. The molecule has 2 heterocycles. The summed E-state index contributed by atoms with van der Waals surface area (Å²) < 4.78 is 11.6. The monoisotopic (exact) mass is 309 g/mol. The standard InChI is InChI=1S/C20H23NO2/c1-22-18-8-6-16-7-9-19(23-20(16)12-18)14-21-11-10-15-4-2-3-5-17(15)13-21/h2-6,8,12,19H,7,9-11,13-14H2,1H3. The van der Waals surface area contributed by atoms with Crippen molar-refractivity contribution in [2.75, 3.05) is 20.2 Å². The van der Waals surface area contributed by atoms with Crippen molar-refractivity contribution in [3.8, 4) is 11.5 Å². The van der Waals surface area contributed by atoms with E-state index in [1.54, 1.807) is 7.11 Å². The first-order valence-electron chi connectivity index (χ1n) is 8.44. The highest BCUT2D eigenvalue weighted by molar-refractivity contribution is 5.42. The lowest BCUT2D eigenvalue weighted by molar-refractivity contribution is 0.107. The zero-order valence-corrected chi connectivity index (χ0v) is 13.6. The Balaban J connectivity index is 1.42. The number of ether oxygens (including phenoxy) is 2. The molecule has 0 amide bonds. The highest BCUT2D eigenvalue weighted by Gasteiger charge is 2.24. The summed E-state index contributed by atoms with van der Waals surface area (Å²) in [4.78, 5) is 2.53. The molecular formula is C20H23NO2. The maximum absolute atomic E-state index is 6.24. The third-order valence-electron chi connectivity index (χ3n) is 4.98. The van der Waals surface area contributed by atoms with Gasteiger partial charge in [0.15, 0.2) is 0 Å². The number of aryl methyl sites for hydroxylation is 1. The van der Waals surface area contributed by atoms with Crippen LogP contribution in [0.1, 0.15) is 23.1 Å². The van der Waals surface area contributed by atoms with Crippen LogP contribution in [0.2, 0.25) is 0 Å². The van der Waals surface area contributed by atoms with E-state index in [0.717, 1.165) is 50.4 Å². The molecule has 2 aromatic rings. The molecule has 2 aliphatic heterocycles. The lowest BCUT2D eigenvalue weighted by atomic mass is 9.98. The zero-order chi connectivity index (χ0) is 15.6. The Labute approximate surface area is 137 Å². The van der Waals surface area contributed by atoms with Crippen LogP contribution in [-0.4, -0.2) is 31.2 Å². The number of fused-ring (bicyclic) bond motifs is 2. The van der Waals surface area contributed by atoms with Gasteiger partial charge in [-0.25, -0.2) is 0 Å². The van der Waals surface area contributed by atoms with E-state index >= 15 is 0 Å². The molecule has 0 aliphatic carbocycles. The van der Waals surface area contributed by atoms with Gasteiger partial charge in [-0.2, -0.15) is 0 Å². The van der Waals surface area contributed by atoms with Crippen molar-refractivity contribution in [2.24, 2.45) is 0 Å². The lowest BCUT2D eigenvalue weighted by Gasteiger charge is -2.34. The van der Waals surface area contributed by atoms with E-state index in [9.17, 15) is 0 Å². The molecule has 3 nitrogen and oxygen atoms in total. The van der Waals surface area contributed by atoms with Crippen molar-refractivity contribution in [1.29, 1.82) is 0 Å². The summed E-state index contributed by atoms with van der Waals surface area (Å²) in [5.41, 5.74) is 4.27. The molecule has 0 bridgehead atoms. The summed E-state index contributed by atoms with van der Waals surface area (Å²) in [5.74, 6) is 1.87. The maximum atomic E-state index is 6.24. The molecule has 0 radical (unpaired) electrons. The molecule has 2 aromatic carbocycles. The molecule has 23 heavy (non-hydrogen) atoms. The second-order valence-electron chi connectivity index (χ2n) is 6.51. The molecular weight excluding hydrogens is 286 g/mol. The summed E-state index contributed by atoms with van der Waals surface area (Å²) >= 11 is 0. The Hall–Kier alpha value is -2.00. The van der Waals surface area contributed by atoms with Crippen LogP contribution in [0.25, 0.3) is 0 Å². The molecule has 0 saturated heterocycles. The van der Waals surface area contributed by atoms with Crippen LogP contribution in [-0.2, 0) is 19.4 Å². The van der Waals surface area contributed by atoms with Crippen LogP contribution in [0.4, 0.5) is 0 Å². The largest absolute Gasteiger partial charge is 0.497 e. The van der Waals surface area contributed by atoms with Crippen molar-refractivity contribution in [3.63, 3.8) is 0 Å². The maximum Gasteiger partial charge on any atom is 0.126 e. The normalized spacial score (nSPS) is 20.3. The van der Waals surface area contributed by atoms with Gasteiger partial charge >= 0.3 is 0 Å². The van der Waals surface area contributed by atoms with Crippen molar-refractivity contribution in [3.05, 3.63) is 59.2 Å². The Morgan fingerprint density at radius 1 is 1.09 bits per heavy atom. The first-order chi connectivity index (χ1) is 11.3. The van der Waals surface area contributed by atoms with Gasteiger partial charge in [0.25, 0.3) is 0 Å². The summed E-state index contributed by atoms with van der Waals surface area (Å²) in [5, 5.41) is 0. The Morgan fingerprint density at radius 3 is 2.83 bits per heavy atom. The van der Waals surface area contributed by atoms with Crippen LogP contribution in [0.3, 0.4) is 0 Å². The fourth-order valence-corrected chi connectivity index (χ4v) is 3.66. The molecule has 1 atom stereocenters. The Kier molecular flexibility index (Phi) is 3.96.